The molecule has 0 aromatic heterocycles. The molecule has 1 unspecified atom stereocenters. The van der Waals surface area contributed by atoms with Gasteiger partial charge in [-0.3, -0.25) is 4.79 Å². The summed E-state index contributed by atoms with van der Waals surface area (Å²) in [6.07, 6.45) is -2.21. The van der Waals surface area contributed by atoms with Crippen LogP contribution in [0, 0.1) is 11.3 Å². The van der Waals surface area contributed by atoms with Crippen LogP contribution >= 0.6 is 0 Å². The Labute approximate surface area is 158 Å². The van der Waals surface area contributed by atoms with Crippen molar-refractivity contribution in [1.82, 2.24) is 5.32 Å². The molecule has 6 heteroatoms. The minimum atomic E-state index is -3.19. The number of hydrogen-bond donors (Lipinski definition) is 2. The van der Waals surface area contributed by atoms with Crippen molar-refractivity contribution in [2.75, 3.05) is 6.54 Å². The summed E-state index contributed by atoms with van der Waals surface area (Å²) < 4.78 is 27.3. The van der Waals surface area contributed by atoms with Gasteiger partial charge >= 0.3 is 0 Å². The Bertz CT molecular complexity index is 716. The smallest absolute Gasteiger partial charge is 0.255 e. The van der Waals surface area contributed by atoms with Crippen LogP contribution in [0.3, 0.4) is 0 Å². The Morgan fingerprint density at radius 1 is 1.11 bits per heavy atom. The van der Waals surface area contributed by atoms with Crippen LogP contribution in [0.25, 0.3) is 0 Å². The van der Waals surface area contributed by atoms with E-state index in [-0.39, 0.29) is 6.54 Å². The van der Waals surface area contributed by atoms with Crippen LogP contribution in [0.1, 0.15) is 24.5 Å². The third kappa shape index (κ3) is 9.47. The molecule has 0 saturated carbocycles. The zero-order chi connectivity index (χ0) is 20.1. The van der Waals surface area contributed by atoms with Gasteiger partial charge in [0.15, 0.2) is 0 Å². The van der Waals surface area contributed by atoms with E-state index in [4.69, 9.17) is 5.26 Å². The average molecular weight is 374 g/mol. The minimum Gasteiger partial charge on any atom is -0.383 e. The maximum Gasteiger partial charge on any atom is 0.255 e. The Morgan fingerprint density at radius 2 is 1.63 bits per heavy atom. The highest BCUT2D eigenvalue weighted by Gasteiger charge is 2.34. The molecule has 4 nitrogen and oxygen atoms in total. The van der Waals surface area contributed by atoms with Crippen molar-refractivity contribution in [1.29, 1.82) is 5.26 Å². The molecule has 0 aliphatic carbocycles. The molecule has 2 rings (SSSR count). The van der Waals surface area contributed by atoms with E-state index in [2.05, 4.69) is 31.2 Å². The van der Waals surface area contributed by atoms with E-state index in [1.54, 1.807) is 36.4 Å². The molecule has 0 bridgehead atoms. The predicted molar refractivity (Wildman–Crippen MR) is 100 cm³/mol. The molecular formula is C21H24F2N2O2. The fourth-order valence-corrected chi connectivity index (χ4v) is 2.30. The Kier molecular flexibility index (Phi) is 9.70. The van der Waals surface area contributed by atoms with Crippen molar-refractivity contribution in [2.24, 2.45) is 0 Å². The maximum atomic E-state index is 13.6. The van der Waals surface area contributed by atoms with E-state index in [0.717, 1.165) is 6.42 Å². The summed E-state index contributed by atoms with van der Waals surface area (Å²) in [6.45, 7) is 1.84. The third-order valence-corrected chi connectivity index (χ3v) is 3.69. The lowest BCUT2D eigenvalue weighted by molar-refractivity contribution is -0.134. The van der Waals surface area contributed by atoms with Crippen LogP contribution in [0.15, 0.2) is 60.7 Å². The summed E-state index contributed by atoms with van der Waals surface area (Å²) in [7, 11) is 0. The van der Waals surface area contributed by atoms with Crippen LogP contribution in [-0.4, -0.2) is 29.6 Å². The number of amides is 1. The molecule has 0 spiro atoms. The molecule has 2 aromatic carbocycles. The number of alkyl halides is 2. The summed E-state index contributed by atoms with van der Waals surface area (Å²) >= 11 is 0. The largest absolute Gasteiger partial charge is 0.383 e. The highest BCUT2D eigenvalue weighted by molar-refractivity contribution is 5.80. The van der Waals surface area contributed by atoms with E-state index in [9.17, 15) is 18.7 Å². The molecule has 144 valence electrons. The van der Waals surface area contributed by atoms with Gasteiger partial charge in [-0.15, -0.1) is 0 Å². The second-order valence-corrected chi connectivity index (χ2v) is 5.95. The number of nitriles is 1. The van der Waals surface area contributed by atoms with Gasteiger partial charge in [-0.05, 0) is 17.5 Å². The topological polar surface area (TPSA) is 73.1 Å². The highest BCUT2D eigenvalue weighted by Crippen LogP contribution is 2.25. The first-order valence-electron chi connectivity index (χ1n) is 8.66. The van der Waals surface area contributed by atoms with Gasteiger partial charge < -0.3 is 10.4 Å². The number of aliphatic hydroxyl groups is 1. The van der Waals surface area contributed by atoms with Crippen LogP contribution in [0.2, 0.25) is 0 Å². The number of aryl methyl sites for hydroxylation is 1. The van der Waals surface area contributed by atoms with Gasteiger partial charge in [0.1, 0.15) is 12.6 Å². The fourth-order valence-electron chi connectivity index (χ4n) is 2.30. The van der Waals surface area contributed by atoms with Crippen molar-refractivity contribution < 1.29 is 18.7 Å². The number of rotatable bonds is 7. The zero-order valence-electron chi connectivity index (χ0n) is 15.2. The predicted octanol–water partition coefficient (Wildman–Crippen LogP) is 3.50. The van der Waals surface area contributed by atoms with E-state index in [0.29, 0.717) is 5.56 Å². The van der Waals surface area contributed by atoms with Gasteiger partial charge in [-0.25, -0.2) is 8.78 Å². The van der Waals surface area contributed by atoms with E-state index in [1.807, 2.05) is 11.4 Å². The Hall–Kier alpha value is -2.78. The number of benzene rings is 2. The second kappa shape index (κ2) is 11.8. The first kappa shape index (κ1) is 22.3. The lowest BCUT2D eigenvalue weighted by Gasteiger charge is -2.19. The SMILES string of the molecule is CCc1ccccc1.N#CCNC(=O)C(O)CC(F)(F)Cc1ccccc1. The van der Waals surface area contributed by atoms with E-state index < -0.39 is 30.8 Å². The standard InChI is InChI=1S/C13H14F2N2O2.C8H10/c14-13(15,8-10-4-2-1-3-5-10)9-11(18)12(19)17-7-6-16;1-2-8-6-4-3-5-7-8/h1-5,11,18H,7-9H2,(H,17,19);3-7H,2H2,1H3. The van der Waals surface area contributed by atoms with Gasteiger partial charge in [0, 0.05) is 12.8 Å². The molecule has 0 radical (unpaired) electrons. The zero-order valence-corrected chi connectivity index (χ0v) is 15.2. The Morgan fingerprint density at radius 3 is 2.07 bits per heavy atom. The van der Waals surface area contributed by atoms with Crippen LogP contribution in [0.4, 0.5) is 8.78 Å². The number of nitrogens with zero attached hydrogens (tertiary/aromatic N) is 1. The molecule has 0 aliphatic rings. The molecule has 0 heterocycles. The van der Waals surface area contributed by atoms with E-state index in [1.165, 1.54) is 5.56 Å². The second-order valence-electron chi connectivity index (χ2n) is 5.95. The number of hydrogen-bond acceptors (Lipinski definition) is 3. The van der Waals surface area contributed by atoms with Crippen LogP contribution < -0.4 is 5.32 Å². The average Bonchev–Trinajstić information content (AvgIpc) is 2.67. The molecule has 27 heavy (non-hydrogen) atoms. The summed E-state index contributed by atoms with van der Waals surface area (Å²) in [5, 5.41) is 19.6. The van der Waals surface area contributed by atoms with E-state index >= 15 is 0 Å². The number of nitrogens with one attached hydrogen (secondary N) is 1. The van der Waals surface area contributed by atoms with Crippen molar-refractivity contribution >= 4 is 5.91 Å². The van der Waals surface area contributed by atoms with Crippen molar-refractivity contribution in [3.05, 3.63) is 71.8 Å². The van der Waals surface area contributed by atoms with Gasteiger partial charge in [-0.1, -0.05) is 67.6 Å². The summed E-state index contributed by atoms with van der Waals surface area (Å²) in [5.41, 5.74) is 1.84. The molecule has 2 N–H and O–H groups in total. The molecule has 0 saturated heterocycles. The van der Waals surface area contributed by atoms with Crippen LogP contribution in [-0.2, 0) is 17.6 Å². The fraction of sp³-hybridized carbons (Fsp3) is 0.333. The summed E-state index contributed by atoms with van der Waals surface area (Å²) in [6, 6.07) is 20.2. The molecule has 1 amide bonds. The molecule has 0 fully saturated rings. The summed E-state index contributed by atoms with van der Waals surface area (Å²) in [4.78, 5) is 11.2. The lowest BCUT2D eigenvalue weighted by Crippen LogP contribution is -2.39. The monoisotopic (exact) mass is 374 g/mol. The van der Waals surface area contributed by atoms with Crippen LogP contribution in [0.5, 0.6) is 0 Å². The van der Waals surface area contributed by atoms with Gasteiger partial charge in [0.05, 0.1) is 6.07 Å². The normalized spacial score (nSPS) is 11.5. The molecular weight excluding hydrogens is 350 g/mol. The maximum absolute atomic E-state index is 13.6. The minimum absolute atomic E-state index is 0.319. The van der Waals surface area contributed by atoms with Crippen molar-refractivity contribution in [3.8, 4) is 6.07 Å². The lowest BCUT2D eigenvalue weighted by atomic mass is 10.0. The van der Waals surface area contributed by atoms with Gasteiger partial charge in [0.25, 0.3) is 5.92 Å². The molecule has 1 atom stereocenters. The first-order chi connectivity index (χ1) is 12.9. The number of carbonyl (C=O) groups is 1. The number of aliphatic hydroxyl groups excluding tert-OH is 1. The molecule has 0 aliphatic heterocycles. The quantitative estimate of drug-likeness (QED) is 0.729. The summed E-state index contributed by atoms with van der Waals surface area (Å²) in [5.74, 6) is -4.15. The number of halogens is 2. The number of carbonyl (C=O) groups excluding carboxylic acids is 1. The van der Waals surface area contributed by atoms with Gasteiger partial charge in [-0.2, -0.15) is 5.26 Å². The van der Waals surface area contributed by atoms with Crippen molar-refractivity contribution in [3.63, 3.8) is 0 Å². The third-order valence-electron chi connectivity index (χ3n) is 3.69. The van der Waals surface area contributed by atoms with Gasteiger partial charge in [0.2, 0.25) is 5.91 Å². The molecule has 2 aromatic rings. The first-order valence-corrected chi connectivity index (χ1v) is 8.66. The Balaban J connectivity index is 0.000000377. The van der Waals surface area contributed by atoms with Crippen molar-refractivity contribution in [2.45, 2.75) is 38.2 Å². The highest BCUT2D eigenvalue weighted by atomic mass is 19.3.